The normalized spacial score (nSPS) is 13.5. The number of aliphatic hydroxyl groups excluding tert-OH is 1. The second-order valence-electron chi connectivity index (χ2n) is 4.27. The quantitative estimate of drug-likeness (QED) is 0.770. The van der Waals surface area contributed by atoms with Crippen LogP contribution < -0.4 is 4.72 Å². The van der Waals surface area contributed by atoms with Gasteiger partial charge in [-0.1, -0.05) is 18.2 Å². The van der Waals surface area contributed by atoms with Gasteiger partial charge < -0.3 is 10.2 Å². The van der Waals surface area contributed by atoms with E-state index < -0.39 is 22.0 Å². The Balaban J connectivity index is 2.68. The number of carboxylic acid groups (broad SMARTS) is 1. The van der Waals surface area contributed by atoms with E-state index in [2.05, 4.69) is 4.72 Å². The third-order valence-electron chi connectivity index (χ3n) is 2.64. The molecule has 3 N–H and O–H groups in total. The molecule has 0 spiro atoms. The van der Waals surface area contributed by atoms with Crippen molar-refractivity contribution < 1.29 is 23.4 Å². The number of hydrogen-bond donors (Lipinski definition) is 3. The van der Waals surface area contributed by atoms with E-state index in [9.17, 15) is 18.3 Å². The average Bonchev–Trinajstić information content (AvgIpc) is 2.78. The van der Waals surface area contributed by atoms with Crippen LogP contribution in [0.15, 0.2) is 29.2 Å². The number of carboxylic acids is 1. The number of thiophene rings is 1. The van der Waals surface area contributed by atoms with Crippen LogP contribution in [-0.2, 0) is 10.0 Å². The first kappa shape index (κ1) is 14.9. The summed E-state index contributed by atoms with van der Waals surface area (Å²) in [6, 6.07) is 5.90. The smallest absolute Gasteiger partial charge is 0.347 e. The van der Waals surface area contributed by atoms with Gasteiger partial charge in [0.05, 0.1) is 6.61 Å². The maximum Gasteiger partial charge on any atom is 0.347 e. The fourth-order valence-corrected chi connectivity index (χ4v) is 4.77. The molecular formula is C12H13NO5S2. The van der Waals surface area contributed by atoms with E-state index in [1.807, 2.05) is 0 Å². The van der Waals surface area contributed by atoms with Crippen LogP contribution in [0.5, 0.6) is 0 Å². The Bertz CT molecular complexity index is 750. The molecule has 6 nitrogen and oxygen atoms in total. The topological polar surface area (TPSA) is 104 Å². The molecule has 0 fully saturated rings. The van der Waals surface area contributed by atoms with Crippen LogP contribution in [0.2, 0.25) is 0 Å². The number of fused-ring (bicyclic) bond motifs is 1. The molecule has 2 rings (SSSR count). The van der Waals surface area contributed by atoms with Gasteiger partial charge in [-0.05, 0) is 13.0 Å². The van der Waals surface area contributed by atoms with Crippen molar-refractivity contribution in [2.45, 2.75) is 17.9 Å². The molecule has 2 aromatic rings. The van der Waals surface area contributed by atoms with E-state index in [1.165, 1.54) is 6.92 Å². The Kier molecular flexibility index (Phi) is 4.09. The zero-order valence-electron chi connectivity index (χ0n) is 10.5. The number of nitrogens with one attached hydrogen (secondary N) is 1. The van der Waals surface area contributed by atoms with Gasteiger partial charge in [-0.2, -0.15) is 0 Å². The Morgan fingerprint density at radius 1 is 1.40 bits per heavy atom. The van der Waals surface area contributed by atoms with E-state index in [0.717, 1.165) is 11.3 Å². The number of aromatic carboxylic acids is 1. The highest BCUT2D eigenvalue weighted by atomic mass is 32.2. The van der Waals surface area contributed by atoms with E-state index >= 15 is 0 Å². The summed E-state index contributed by atoms with van der Waals surface area (Å²) in [5.74, 6) is -1.29. The molecule has 0 bridgehead atoms. The van der Waals surface area contributed by atoms with Crippen molar-refractivity contribution in [3.05, 3.63) is 29.1 Å². The van der Waals surface area contributed by atoms with Crippen molar-refractivity contribution in [3.8, 4) is 0 Å². The van der Waals surface area contributed by atoms with Crippen molar-refractivity contribution in [1.82, 2.24) is 4.72 Å². The molecular weight excluding hydrogens is 302 g/mol. The van der Waals surface area contributed by atoms with Crippen LogP contribution in [0, 0.1) is 0 Å². The van der Waals surface area contributed by atoms with Gasteiger partial charge in [0.2, 0.25) is 10.0 Å². The van der Waals surface area contributed by atoms with Gasteiger partial charge in [0, 0.05) is 16.1 Å². The molecule has 8 heteroatoms. The van der Waals surface area contributed by atoms with E-state index in [-0.39, 0.29) is 16.4 Å². The van der Waals surface area contributed by atoms with Gasteiger partial charge in [0.25, 0.3) is 0 Å². The first-order valence-electron chi connectivity index (χ1n) is 5.75. The second-order valence-corrected chi connectivity index (χ2v) is 6.97. The van der Waals surface area contributed by atoms with Crippen molar-refractivity contribution in [2.24, 2.45) is 0 Å². The van der Waals surface area contributed by atoms with Gasteiger partial charge in [-0.15, -0.1) is 11.3 Å². The van der Waals surface area contributed by atoms with Gasteiger partial charge in [0.15, 0.2) is 0 Å². The highest BCUT2D eigenvalue weighted by molar-refractivity contribution is 7.90. The van der Waals surface area contributed by atoms with Crippen LogP contribution in [0.1, 0.15) is 16.6 Å². The van der Waals surface area contributed by atoms with E-state index in [4.69, 9.17) is 5.11 Å². The fraction of sp³-hybridized carbons (Fsp3) is 0.250. The molecule has 108 valence electrons. The lowest BCUT2D eigenvalue weighted by molar-refractivity contribution is 0.0698. The Labute approximate surface area is 119 Å². The lowest BCUT2D eigenvalue weighted by atomic mass is 10.2. The molecule has 0 radical (unpaired) electrons. The van der Waals surface area contributed by atoms with Crippen molar-refractivity contribution >= 4 is 37.4 Å². The highest BCUT2D eigenvalue weighted by Crippen LogP contribution is 2.34. The SMILES string of the molecule is C[C@@H](CO)NS(=O)(=O)c1c(C(=O)O)sc2ccccc12. The van der Waals surface area contributed by atoms with Gasteiger partial charge in [0.1, 0.15) is 9.77 Å². The molecule has 0 aliphatic rings. The Morgan fingerprint density at radius 2 is 2.05 bits per heavy atom. The number of sulfonamides is 1. The zero-order chi connectivity index (χ0) is 14.9. The maximum atomic E-state index is 12.3. The van der Waals surface area contributed by atoms with Crippen LogP contribution in [0.3, 0.4) is 0 Å². The lowest BCUT2D eigenvalue weighted by Gasteiger charge is -2.11. The summed E-state index contributed by atoms with van der Waals surface area (Å²) in [5, 5.41) is 18.5. The molecule has 1 atom stereocenters. The third kappa shape index (κ3) is 2.68. The largest absolute Gasteiger partial charge is 0.477 e. The third-order valence-corrected chi connectivity index (χ3v) is 5.61. The molecule has 0 amide bonds. The summed E-state index contributed by atoms with van der Waals surface area (Å²) in [4.78, 5) is 10.8. The molecule has 0 saturated carbocycles. The van der Waals surface area contributed by atoms with Crippen LogP contribution >= 0.6 is 11.3 Å². The first-order valence-corrected chi connectivity index (χ1v) is 8.05. The predicted molar refractivity (Wildman–Crippen MR) is 75.7 cm³/mol. The maximum absolute atomic E-state index is 12.3. The molecule has 0 aliphatic heterocycles. The average molecular weight is 315 g/mol. The number of aliphatic hydroxyl groups is 1. The zero-order valence-corrected chi connectivity index (χ0v) is 12.2. The van der Waals surface area contributed by atoms with Gasteiger partial charge in [-0.3, -0.25) is 0 Å². The Hall–Kier alpha value is -1.48. The van der Waals surface area contributed by atoms with Crippen molar-refractivity contribution in [2.75, 3.05) is 6.61 Å². The second kappa shape index (κ2) is 5.49. The minimum atomic E-state index is -4.01. The molecule has 0 saturated heterocycles. The molecule has 1 aromatic carbocycles. The summed E-state index contributed by atoms with van der Waals surface area (Å²) in [6.07, 6.45) is 0. The number of carbonyl (C=O) groups is 1. The summed E-state index contributed by atoms with van der Waals surface area (Å²) in [6.45, 7) is 1.12. The van der Waals surface area contributed by atoms with Crippen LogP contribution in [-0.4, -0.2) is 37.2 Å². The number of hydrogen-bond acceptors (Lipinski definition) is 5. The molecule has 1 heterocycles. The molecule has 1 aromatic heterocycles. The molecule has 20 heavy (non-hydrogen) atoms. The summed E-state index contributed by atoms with van der Waals surface area (Å²) in [5.41, 5.74) is 0. The Morgan fingerprint density at radius 3 is 2.65 bits per heavy atom. The fourth-order valence-electron chi connectivity index (χ4n) is 1.79. The summed E-state index contributed by atoms with van der Waals surface area (Å²) < 4.78 is 27.5. The van der Waals surface area contributed by atoms with E-state index in [0.29, 0.717) is 10.1 Å². The molecule has 0 aliphatic carbocycles. The van der Waals surface area contributed by atoms with Crippen molar-refractivity contribution in [1.29, 1.82) is 0 Å². The minimum Gasteiger partial charge on any atom is -0.477 e. The minimum absolute atomic E-state index is 0.233. The summed E-state index contributed by atoms with van der Waals surface area (Å²) in [7, 11) is -4.01. The number of rotatable bonds is 5. The van der Waals surface area contributed by atoms with Crippen LogP contribution in [0.25, 0.3) is 10.1 Å². The predicted octanol–water partition coefficient (Wildman–Crippen LogP) is 1.26. The van der Waals surface area contributed by atoms with Crippen LogP contribution in [0.4, 0.5) is 0 Å². The number of benzene rings is 1. The standard InChI is InChI=1S/C12H13NO5S2/c1-7(6-14)13-20(17,18)11-8-4-2-3-5-9(8)19-10(11)12(15)16/h2-5,7,13-14H,6H2,1H3,(H,15,16)/t7-/m0/s1. The highest BCUT2D eigenvalue weighted by Gasteiger charge is 2.28. The van der Waals surface area contributed by atoms with E-state index in [1.54, 1.807) is 24.3 Å². The van der Waals surface area contributed by atoms with Crippen molar-refractivity contribution in [3.63, 3.8) is 0 Å². The molecule has 0 unspecified atom stereocenters. The monoisotopic (exact) mass is 315 g/mol. The lowest BCUT2D eigenvalue weighted by Crippen LogP contribution is -2.35. The first-order chi connectivity index (χ1) is 9.36. The van der Waals surface area contributed by atoms with Gasteiger partial charge >= 0.3 is 5.97 Å². The summed E-state index contributed by atoms with van der Waals surface area (Å²) >= 11 is 0.912. The van der Waals surface area contributed by atoms with Gasteiger partial charge in [-0.25, -0.2) is 17.9 Å².